The Balaban J connectivity index is 1.92. The van der Waals surface area contributed by atoms with Gasteiger partial charge in [0.2, 0.25) is 0 Å². The molecule has 0 unspecified atom stereocenters. The van der Waals surface area contributed by atoms with Gasteiger partial charge in [-0.05, 0) is 18.6 Å². The second-order valence-corrected chi connectivity index (χ2v) is 4.58. The van der Waals surface area contributed by atoms with Crippen molar-refractivity contribution in [2.24, 2.45) is 0 Å². The van der Waals surface area contributed by atoms with Crippen molar-refractivity contribution in [1.82, 2.24) is 10.3 Å². The molecule has 0 aromatic carbocycles. The monoisotopic (exact) mass is 279 g/mol. The molecular weight excluding hydrogens is 258 g/mol. The number of pyridine rings is 1. The van der Waals surface area contributed by atoms with Crippen LogP contribution in [0.5, 0.6) is 0 Å². The number of aromatic nitrogens is 1. The Morgan fingerprint density at radius 1 is 1.45 bits per heavy atom. The van der Waals surface area contributed by atoms with Crippen molar-refractivity contribution in [2.75, 3.05) is 51.5 Å². The number of hydrogen-bond donors (Lipinski definition) is 1. The number of morpholine rings is 1. The lowest BCUT2D eigenvalue weighted by atomic mass is 10.3. The van der Waals surface area contributed by atoms with Crippen molar-refractivity contribution in [3.63, 3.8) is 0 Å². The molecule has 110 valence electrons. The lowest BCUT2D eigenvalue weighted by Crippen LogP contribution is -2.37. The molecule has 0 aliphatic carbocycles. The number of anilines is 1. The Labute approximate surface area is 119 Å². The van der Waals surface area contributed by atoms with Crippen LogP contribution >= 0.6 is 0 Å². The Kier molecular flexibility index (Phi) is 5.76. The molecule has 2 heterocycles. The van der Waals surface area contributed by atoms with E-state index >= 15 is 0 Å². The second kappa shape index (κ2) is 7.81. The molecular formula is C14H21N3O3. The molecule has 1 saturated heterocycles. The van der Waals surface area contributed by atoms with Crippen LogP contribution in [0.1, 0.15) is 16.9 Å². The normalized spacial score (nSPS) is 15.2. The highest BCUT2D eigenvalue weighted by atomic mass is 16.5. The lowest BCUT2D eigenvalue weighted by molar-refractivity contribution is 0.0943. The SMILES string of the molecule is COCCCNC(=O)c1cccc(N2CCOCC2)n1. The number of amides is 1. The second-order valence-electron chi connectivity index (χ2n) is 4.58. The number of nitrogens with zero attached hydrogens (tertiary/aromatic N) is 2. The van der Waals surface area contributed by atoms with Crippen LogP contribution in [0.3, 0.4) is 0 Å². The van der Waals surface area contributed by atoms with E-state index in [0.29, 0.717) is 32.1 Å². The van der Waals surface area contributed by atoms with Crippen LogP contribution in [0.2, 0.25) is 0 Å². The Bertz CT molecular complexity index is 433. The molecule has 1 aliphatic heterocycles. The van der Waals surface area contributed by atoms with Gasteiger partial charge in [0.05, 0.1) is 13.2 Å². The Morgan fingerprint density at radius 3 is 3.00 bits per heavy atom. The van der Waals surface area contributed by atoms with E-state index in [0.717, 1.165) is 25.3 Å². The van der Waals surface area contributed by atoms with E-state index in [1.54, 1.807) is 13.2 Å². The van der Waals surface area contributed by atoms with E-state index in [1.165, 1.54) is 0 Å². The van der Waals surface area contributed by atoms with Crippen LogP contribution in [0.4, 0.5) is 5.82 Å². The molecule has 1 aliphatic rings. The molecule has 1 aromatic rings. The molecule has 0 atom stereocenters. The van der Waals surface area contributed by atoms with Gasteiger partial charge >= 0.3 is 0 Å². The highest BCUT2D eigenvalue weighted by Gasteiger charge is 2.14. The topological polar surface area (TPSA) is 63.7 Å². The number of ether oxygens (including phenoxy) is 2. The van der Waals surface area contributed by atoms with Crippen molar-refractivity contribution in [2.45, 2.75) is 6.42 Å². The van der Waals surface area contributed by atoms with Gasteiger partial charge in [-0.3, -0.25) is 4.79 Å². The zero-order valence-corrected chi connectivity index (χ0v) is 11.8. The van der Waals surface area contributed by atoms with Gasteiger partial charge in [0, 0.05) is 33.4 Å². The molecule has 20 heavy (non-hydrogen) atoms. The zero-order valence-electron chi connectivity index (χ0n) is 11.8. The molecule has 1 fully saturated rings. The Morgan fingerprint density at radius 2 is 2.25 bits per heavy atom. The van der Waals surface area contributed by atoms with Crippen molar-refractivity contribution in [3.05, 3.63) is 23.9 Å². The first kappa shape index (κ1) is 14.7. The van der Waals surface area contributed by atoms with Gasteiger partial charge in [-0.25, -0.2) is 4.98 Å². The minimum absolute atomic E-state index is 0.142. The van der Waals surface area contributed by atoms with Crippen LogP contribution in [-0.2, 0) is 9.47 Å². The molecule has 6 heteroatoms. The molecule has 1 amide bonds. The summed E-state index contributed by atoms with van der Waals surface area (Å²) in [6, 6.07) is 5.52. The predicted octanol–water partition coefficient (Wildman–Crippen LogP) is 0.684. The number of rotatable bonds is 6. The summed E-state index contributed by atoms with van der Waals surface area (Å²) in [6.07, 6.45) is 0.797. The minimum atomic E-state index is -0.142. The van der Waals surface area contributed by atoms with Crippen molar-refractivity contribution < 1.29 is 14.3 Å². The molecule has 6 nitrogen and oxygen atoms in total. The van der Waals surface area contributed by atoms with E-state index in [1.807, 2.05) is 12.1 Å². The highest BCUT2D eigenvalue weighted by Crippen LogP contribution is 2.13. The molecule has 1 aromatic heterocycles. The van der Waals surface area contributed by atoms with Crippen LogP contribution in [-0.4, -0.2) is 57.5 Å². The lowest BCUT2D eigenvalue weighted by Gasteiger charge is -2.27. The third-order valence-corrected chi connectivity index (χ3v) is 3.11. The maximum atomic E-state index is 12.0. The molecule has 0 spiro atoms. The van der Waals surface area contributed by atoms with Crippen molar-refractivity contribution >= 4 is 11.7 Å². The van der Waals surface area contributed by atoms with Gasteiger partial charge in [0.1, 0.15) is 11.5 Å². The van der Waals surface area contributed by atoms with Gasteiger partial charge in [-0.2, -0.15) is 0 Å². The summed E-state index contributed by atoms with van der Waals surface area (Å²) >= 11 is 0. The van der Waals surface area contributed by atoms with Gasteiger partial charge in [0.25, 0.3) is 5.91 Å². The molecule has 0 saturated carbocycles. The van der Waals surface area contributed by atoms with E-state index in [2.05, 4.69) is 15.2 Å². The fourth-order valence-corrected chi connectivity index (χ4v) is 2.03. The Hall–Kier alpha value is -1.66. The summed E-state index contributed by atoms with van der Waals surface area (Å²) in [7, 11) is 1.65. The van der Waals surface area contributed by atoms with E-state index in [9.17, 15) is 4.79 Å². The van der Waals surface area contributed by atoms with Gasteiger partial charge in [-0.1, -0.05) is 6.07 Å². The van der Waals surface area contributed by atoms with Crippen LogP contribution < -0.4 is 10.2 Å². The van der Waals surface area contributed by atoms with E-state index < -0.39 is 0 Å². The highest BCUT2D eigenvalue weighted by molar-refractivity contribution is 5.92. The summed E-state index contributed by atoms with van der Waals surface area (Å²) in [5.74, 6) is 0.689. The summed E-state index contributed by atoms with van der Waals surface area (Å²) in [5.41, 5.74) is 0.450. The molecule has 1 N–H and O–H groups in total. The molecule has 0 bridgehead atoms. The first-order chi connectivity index (χ1) is 9.81. The minimum Gasteiger partial charge on any atom is -0.385 e. The van der Waals surface area contributed by atoms with E-state index in [4.69, 9.17) is 9.47 Å². The van der Waals surface area contributed by atoms with Crippen molar-refractivity contribution in [3.8, 4) is 0 Å². The number of hydrogen-bond acceptors (Lipinski definition) is 5. The fraction of sp³-hybridized carbons (Fsp3) is 0.571. The average Bonchev–Trinajstić information content (AvgIpc) is 2.52. The first-order valence-corrected chi connectivity index (χ1v) is 6.88. The zero-order chi connectivity index (χ0) is 14.2. The smallest absolute Gasteiger partial charge is 0.269 e. The number of methoxy groups -OCH3 is 1. The fourth-order valence-electron chi connectivity index (χ4n) is 2.03. The van der Waals surface area contributed by atoms with Crippen LogP contribution in [0, 0.1) is 0 Å². The molecule has 2 rings (SSSR count). The van der Waals surface area contributed by atoms with Crippen molar-refractivity contribution in [1.29, 1.82) is 0 Å². The van der Waals surface area contributed by atoms with Crippen LogP contribution in [0.25, 0.3) is 0 Å². The predicted molar refractivity (Wildman–Crippen MR) is 76.1 cm³/mol. The number of nitrogens with one attached hydrogen (secondary N) is 1. The average molecular weight is 279 g/mol. The largest absolute Gasteiger partial charge is 0.385 e. The van der Waals surface area contributed by atoms with Gasteiger partial charge < -0.3 is 19.7 Å². The summed E-state index contributed by atoms with van der Waals surface area (Å²) in [4.78, 5) is 18.5. The third kappa shape index (κ3) is 4.18. The van der Waals surface area contributed by atoms with Gasteiger partial charge in [-0.15, -0.1) is 0 Å². The number of carbonyl (C=O) groups excluding carboxylic acids is 1. The maximum absolute atomic E-state index is 12.0. The first-order valence-electron chi connectivity index (χ1n) is 6.88. The van der Waals surface area contributed by atoms with Gasteiger partial charge in [0.15, 0.2) is 0 Å². The summed E-state index contributed by atoms with van der Waals surface area (Å²) < 4.78 is 10.3. The van der Waals surface area contributed by atoms with E-state index in [-0.39, 0.29) is 5.91 Å². The standard InChI is InChI=1S/C14H21N3O3/c1-19-9-3-6-15-14(18)12-4-2-5-13(16-12)17-7-10-20-11-8-17/h2,4-5H,3,6-11H2,1H3,(H,15,18). The quantitative estimate of drug-likeness (QED) is 0.776. The maximum Gasteiger partial charge on any atom is 0.269 e. The van der Waals surface area contributed by atoms with Crippen LogP contribution in [0.15, 0.2) is 18.2 Å². The molecule has 0 radical (unpaired) electrons. The summed E-state index contributed by atoms with van der Waals surface area (Å²) in [5, 5.41) is 2.84. The third-order valence-electron chi connectivity index (χ3n) is 3.11. The number of carbonyl (C=O) groups is 1. The summed E-state index contributed by atoms with van der Waals surface area (Å²) in [6.45, 7) is 4.26.